The fourth-order valence-corrected chi connectivity index (χ4v) is 7.21. The molecule has 0 bridgehead atoms. The highest BCUT2D eigenvalue weighted by Gasteiger charge is 2.20. The predicted molar refractivity (Wildman–Crippen MR) is 209 cm³/mol. The first-order chi connectivity index (χ1) is 25.3. The molecule has 2 aromatic heterocycles. The Balaban J connectivity index is 1.20. The molecule has 0 unspecified atom stereocenters. The van der Waals surface area contributed by atoms with Crippen LogP contribution < -0.4 is 0 Å². The molecule has 0 saturated heterocycles. The minimum atomic E-state index is 0.611. The van der Waals surface area contributed by atoms with Crippen LogP contribution in [0.3, 0.4) is 0 Å². The van der Waals surface area contributed by atoms with Gasteiger partial charge >= 0.3 is 0 Å². The third kappa shape index (κ3) is 5.04. The van der Waals surface area contributed by atoms with Gasteiger partial charge in [-0.25, -0.2) is 15.0 Å². The standard InChI is InChI=1S/C47H29N3O/c1-3-12-30(13-4-1)35-26-27-39-40(28-35)42(29-41-38-19-9-10-21-43(38)51-44(39)41)47-49-45(33-15-5-2-6-16-33)48-46(50-47)34-24-22-32(23-25-34)37-20-11-17-31-14-7-8-18-36(31)37/h1-29H. The molecule has 10 rings (SSSR count). The summed E-state index contributed by atoms with van der Waals surface area (Å²) >= 11 is 0. The van der Waals surface area contributed by atoms with E-state index in [1.54, 1.807) is 0 Å². The molecular weight excluding hydrogens is 623 g/mol. The van der Waals surface area contributed by atoms with Crippen LogP contribution in [0.4, 0.5) is 0 Å². The lowest BCUT2D eigenvalue weighted by Crippen LogP contribution is -2.00. The van der Waals surface area contributed by atoms with Crippen LogP contribution in [0, 0.1) is 0 Å². The Morgan fingerprint density at radius 1 is 0.314 bits per heavy atom. The highest BCUT2D eigenvalue weighted by Crippen LogP contribution is 2.41. The average molecular weight is 652 g/mol. The second-order valence-corrected chi connectivity index (χ2v) is 12.8. The lowest BCUT2D eigenvalue weighted by molar-refractivity contribution is 0.672. The molecule has 0 saturated carbocycles. The highest BCUT2D eigenvalue weighted by atomic mass is 16.3. The monoisotopic (exact) mass is 651 g/mol. The molecule has 238 valence electrons. The van der Waals surface area contributed by atoms with E-state index < -0.39 is 0 Å². The minimum absolute atomic E-state index is 0.611. The molecular formula is C47H29N3O. The summed E-state index contributed by atoms with van der Waals surface area (Å²) < 4.78 is 6.51. The van der Waals surface area contributed by atoms with Gasteiger partial charge in [-0.3, -0.25) is 0 Å². The highest BCUT2D eigenvalue weighted by molar-refractivity contribution is 6.19. The molecule has 0 fully saturated rings. The van der Waals surface area contributed by atoms with E-state index in [0.717, 1.165) is 66.1 Å². The van der Waals surface area contributed by atoms with E-state index in [2.05, 4.69) is 127 Å². The number of aromatic nitrogens is 3. The van der Waals surface area contributed by atoms with Crippen LogP contribution in [0.5, 0.6) is 0 Å². The zero-order valence-electron chi connectivity index (χ0n) is 27.5. The van der Waals surface area contributed by atoms with Gasteiger partial charge in [-0.15, -0.1) is 0 Å². The molecule has 0 amide bonds. The number of hydrogen-bond donors (Lipinski definition) is 0. The number of furan rings is 1. The van der Waals surface area contributed by atoms with Crippen molar-refractivity contribution in [2.24, 2.45) is 0 Å². The van der Waals surface area contributed by atoms with Crippen LogP contribution in [-0.4, -0.2) is 15.0 Å². The van der Waals surface area contributed by atoms with Crippen molar-refractivity contribution in [2.75, 3.05) is 0 Å². The molecule has 51 heavy (non-hydrogen) atoms. The van der Waals surface area contributed by atoms with Crippen molar-refractivity contribution in [1.29, 1.82) is 0 Å². The topological polar surface area (TPSA) is 51.8 Å². The maximum Gasteiger partial charge on any atom is 0.164 e. The molecule has 10 aromatic rings. The fourth-order valence-electron chi connectivity index (χ4n) is 7.21. The SMILES string of the molecule is c1ccc(-c2ccc3c(c2)c(-c2nc(-c4ccccc4)nc(-c4ccc(-c5cccc6ccccc56)cc4)n2)cc2c4ccccc4oc32)cc1. The van der Waals surface area contributed by atoms with Gasteiger partial charge in [0.2, 0.25) is 0 Å². The summed E-state index contributed by atoms with van der Waals surface area (Å²) in [5, 5.41) is 6.57. The van der Waals surface area contributed by atoms with E-state index in [-0.39, 0.29) is 0 Å². The first-order valence-electron chi connectivity index (χ1n) is 17.1. The Hall–Kier alpha value is -6.91. The van der Waals surface area contributed by atoms with Crippen molar-refractivity contribution in [3.8, 4) is 56.4 Å². The van der Waals surface area contributed by atoms with Crippen molar-refractivity contribution in [1.82, 2.24) is 15.0 Å². The van der Waals surface area contributed by atoms with Crippen molar-refractivity contribution in [3.05, 3.63) is 176 Å². The molecule has 0 radical (unpaired) electrons. The number of para-hydroxylation sites is 1. The Labute approximate surface area is 294 Å². The molecule has 0 N–H and O–H groups in total. The van der Waals surface area contributed by atoms with Crippen LogP contribution in [0.2, 0.25) is 0 Å². The summed E-state index contributed by atoms with van der Waals surface area (Å²) in [6.45, 7) is 0. The quantitative estimate of drug-likeness (QED) is 0.186. The molecule has 4 heteroatoms. The molecule has 0 aliphatic rings. The molecule has 4 nitrogen and oxygen atoms in total. The van der Waals surface area contributed by atoms with E-state index in [4.69, 9.17) is 19.4 Å². The Bertz CT molecular complexity index is 2890. The predicted octanol–water partition coefficient (Wildman–Crippen LogP) is 12.4. The molecule has 0 spiro atoms. The zero-order valence-corrected chi connectivity index (χ0v) is 27.5. The van der Waals surface area contributed by atoms with Crippen LogP contribution in [0.1, 0.15) is 0 Å². The van der Waals surface area contributed by atoms with Crippen LogP contribution in [-0.2, 0) is 0 Å². The van der Waals surface area contributed by atoms with Gasteiger partial charge in [0.1, 0.15) is 11.2 Å². The van der Waals surface area contributed by atoms with Gasteiger partial charge < -0.3 is 4.42 Å². The van der Waals surface area contributed by atoms with Gasteiger partial charge in [-0.2, -0.15) is 0 Å². The van der Waals surface area contributed by atoms with Crippen molar-refractivity contribution in [3.63, 3.8) is 0 Å². The van der Waals surface area contributed by atoms with E-state index >= 15 is 0 Å². The summed E-state index contributed by atoms with van der Waals surface area (Å²) in [5.41, 5.74) is 9.08. The molecule has 0 atom stereocenters. The van der Waals surface area contributed by atoms with E-state index in [1.807, 2.05) is 48.5 Å². The number of fused-ring (bicyclic) bond motifs is 6. The summed E-state index contributed by atoms with van der Waals surface area (Å²) in [6, 6.07) is 61.0. The Kier molecular flexibility index (Phi) is 6.78. The van der Waals surface area contributed by atoms with E-state index in [0.29, 0.717) is 17.5 Å². The first kappa shape index (κ1) is 29.0. The van der Waals surface area contributed by atoms with E-state index in [9.17, 15) is 0 Å². The largest absolute Gasteiger partial charge is 0.455 e. The maximum absolute atomic E-state index is 6.51. The fraction of sp³-hybridized carbons (Fsp3) is 0. The Morgan fingerprint density at radius 2 is 0.902 bits per heavy atom. The van der Waals surface area contributed by atoms with Crippen molar-refractivity contribution >= 4 is 43.5 Å². The molecule has 0 aliphatic carbocycles. The maximum atomic E-state index is 6.51. The minimum Gasteiger partial charge on any atom is -0.455 e. The van der Waals surface area contributed by atoms with Gasteiger partial charge in [-0.05, 0) is 62.7 Å². The number of rotatable bonds is 5. The average Bonchev–Trinajstić information content (AvgIpc) is 3.59. The second kappa shape index (κ2) is 11.9. The summed E-state index contributed by atoms with van der Waals surface area (Å²) in [5.74, 6) is 1.85. The number of nitrogens with zero attached hydrogens (tertiary/aromatic N) is 3. The smallest absolute Gasteiger partial charge is 0.164 e. The van der Waals surface area contributed by atoms with Crippen LogP contribution in [0.25, 0.3) is 99.9 Å². The van der Waals surface area contributed by atoms with Gasteiger partial charge in [0.25, 0.3) is 0 Å². The molecule has 8 aromatic carbocycles. The van der Waals surface area contributed by atoms with Gasteiger partial charge in [0, 0.05) is 32.8 Å². The normalized spacial score (nSPS) is 11.5. The zero-order chi connectivity index (χ0) is 33.7. The first-order valence-corrected chi connectivity index (χ1v) is 17.1. The number of hydrogen-bond acceptors (Lipinski definition) is 4. The molecule has 2 heterocycles. The summed E-state index contributed by atoms with van der Waals surface area (Å²) in [7, 11) is 0. The second-order valence-electron chi connectivity index (χ2n) is 12.8. The third-order valence-electron chi connectivity index (χ3n) is 9.74. The summed E-state index contributed by atoms with van der Waals surface area (Å²) in [4.78, 5) is 15.5. The van der Waals surface area contributed by atoms with Gasteiger partial charge in [-0.1, -0.05) is 152 Å². The third-order valence-corrected chi connectivity index (χ3v) is 9.74. The summed E-state index contributed by atoms with van der Waals surface area (Å²) in [6.07, 6.45) is 0. The van der Waals surface area contributed by atoms with Crippen LogP contribution in [0.15, 0.2) is 180 Å². The Morgan fingerprint density at radius 3 is 1.69 bits per heavy atom. The van der Waals surface area contributed by atoms with E-state index in [1.165, 1.54) is 16.3 Å². The lowest BCUT2D eigenvalue weighted by atomic mass is 9.95. The number of benzene rings is 8. The van der Waals surface area contributed by atoms with Gasteiger partial charge in [0.15, 0.2) is 17.5 Å². The van der Waals surface area contributed by atoms with Crippen molar-refractivity contribution in [2.45, 2.75) is 0 Å². The lowest BCUT2D eigenvalue weighted by Gasteiger charge is -2.13. The van der Waals surface area contributed by atoms with Gasteiger partial charge in [0.05, 0.1) is 0 Å². The van der Waals surface area contributed by atoms with Crippen molar-refractivity contribution < 1.29 is 4.42 Å². The van der Waals surface area contributed by atoms with Crippen LogP contribution >= 0.6 is 0 Å². The molecule has 0 aliphatic heterocycles.